The number of carbonyl (C=O) groups is 2. The van der Waals surface area contributed by atoms with Gasteiger partial charge in [0.25, 0.3) is 5.91 Å². The summed E-state index contributed by atoms with van der Waals surface area (Å²) >= 11 is 0. The maximum atomic E-state index is 13.8. The minimum absolute atomic E-state index is 0.0238. The number of fused-ring (bicyclic) bond motifs is 1. The molecule has 12 heteroatoms. The second kappa shape index (κ2) is 14.8. The van der Waals surface area contributed by atoms with E-state index in [-0.39, 0.29) is 23.6 Å². The topological polar surface area (TPSA) is 159 Å². The van der Waals surface area contributed by atoms with Gasteiger partial charge < -0.3 is 15.7 Å². The highest BCUT2D eigenvalue weighted by molar-refractivity contribution is 7.92. The molecule has 0 aliphatic heterocycles. The van der Waals surface area contributed by atoms with Crippen molar-refractivity contribution < 1.29 is 31.5 Å². The zero-order valence-electron chi connectivity index (χ0n) is 26.8. The molecule has 4 aromatic carbocycles. The van der Waals surface area contributed by atoms with Gasteiger partial charge in [-0.2, -0.15) is 0 Å². The molecule has 0 unspecified atom stereocenters. The van der Waals surface area contributed by atoms with Crippen LogP contribution in [0.25, 0.3) is 10.8 Å². The summed E-state index contributed by atoms with van der Waals surface area (Å²) in [5, 5.41) is 18.3. The minimum Gasteiger partial charge on any atom is -0.391 e. The molecule has 0 bridgehead atoms. The first-order chi connectivity index (χ1) is 22.0. The van der Waals surface area contributed by atoms with Crippen molar-refractivity contribution in [1.82, 2.24) is 15.4 Å². The van der Waals surface area contributed by atoms with E-state index in [0.29, 0.717) is 21.9 Å². The number of carbonyl (C=O) groups excluding carboxylic acids is 2. The Morgan fingerprint density at radius 3 is 2.09 bits per heavy atom. The molecule has 0 aliphatic carbocycles. The molecule has 0 spiro atoms. The summed E-state index contributed by atoms with van der Waals surface area (Å²) in [6.07, 6.45) is -0.278. The molecular formula is C35H41N3O7S2. The molecule has 3 atom stereocenters. The number of hydrogen-bond acceptors (Lipinski definition) is 7. The fourth-order valence-electron chi connectivity index (χ4n) is 5.33. The van der Waals surface area contributed by atoms with Gasteiger partial charge in [-0.05, 0) is 55.8 Å². The van der Waals surface area contributed by atoms with Crippen molar-refractivity contribution in [2.75, 3.05) is 12.0 Å². The van der Waals surface area contributed by atoms with Crippen molar-refractivity contribution in [3.05, 3.63) is 114 Å². The Kier molecular flexibility index (Phi) is 11.2. The van der Waals surface area contributed by atoms with Crippen LogP contribution in [0, 0.1) is 0 Å². The average Bonchev–Trinajstić information content (AvgIpc) is 2.99. The number of amides is 2. The summed E-state index contributed by atoms with van der Waals surface area (Å²) in [7, 11) is -8.23. The lowest BCUT2D eigenvalue weighted by Gasteiger charge is -2.28. The standard InChI is InChI=1S/C35H41N3O7S2/c1-35(2,3)37-33(40)28-19-11-9-16-26(28)22-31(39)29(21-24-13-6-5-7-14-24)36-34(41)30(38-46(4,42)43)23-47(44,45)32-20-12-17-25-15-8-10-18-27(25)32/h5-20,29-31,38-39H,21-23H2,1-4H3,(H,36,41)(H,37,40)/t29-,30-,31+/m0/s1. The zero-order chi connectivity index (χ0) is 34.4. The van der Waals surface area contributed by atoms with Crippen molar-refractivity contribution in [3.8, 4) is 0 Å². The quantitative estimate of drug-likeness (QED) is 0.169. The largest absolute Gasteiger partial charge is 0.391 e. The summed E-state index contributed by atoms with van der Waals surface area (Å²) < 4.78 is 54.3. The van der Waals surface area contributed by atoms with Crippen LogP contribution >= 0.6 is 0 Å². The van der Waals surface area contributed by atoms with E-state index in [4.69, 9.17) is 0 Å². The van der Waals surface area contributed by atoms with Gasteiger partial charge in [0, 0.05) is 22.9 Å². The van der Waals surface area contributed by atoms with Gasteiger partial charge in [0.05, 0.1) is 29.0 Å². The molecule has 250 valence electrons. The number of hydrogen-bond donors (Lipinski definition) is 4. The monoisotopic (exact) mass is 679 g/mol. The van der Waals surface area contributed by atoms with E-state index in [0.717, 1.165) is 11.8 Å². The highest BCUT2D eigenvalue weighted by Gasteiger charge is 2.33. The van der Waals surface area contributed by atoms with Gasteiger partial charge in [0.1, 0.15) is 6.04 Å². The summed E-state index contributed by atoms with van der Waals surface area (Å²) in [4.78, 5) is 26.8. The highest BCUT2D eigenvalue weighted by atomic mass is 32.2. The first-order valence-corrected chi connectivity index (χ1v) is 18.7. The van der Waals surface area contributed by atoms with Crippen molar-refractivity contribution in [2.45, 2.75) is 62.2 Å². The number of nitrogens with one attached hydrogen (secondary N) is 3. The lowest BCUT2D eigenvalue weighted by Crippen LogP contribution is -2.55. The normalized spacial score (nSPS) is 14.2. The van der Waals surface area contributed by atoms with Crippen LogP contribution in [-0.2, 0) is 37.5 Å². The van der Waals surface area contributed by atoms with Crippen molar-refractivity contribution >= 4 is 42.4 Å². The van der Waals surface area contributed by atoms with Crippen molar-refractivity contribution in [2.24, 2.45) is 0 Å². The fraction of sp³-hybridized carbons (Fsp3) is 0.314. The predicted octanol–water partition coefficient (Wildman–Crippen LogP) is 3.39. The van der Waals surface area contributed by atoms with Crippen LogP contribution < -0.4 is 15.4 Å². The smallest absolute Gasteiger partial charge is 0.251 e. The van der Waals surface area contributed by atoms with Gasteiger partial charge in [0.15, 0.2) is 9.84 Å². The summed E-state index contributed by atoms with van der Waals surface area (Å²) in [6, 6.07) is 24.8. The molecule has 0 heterocycles. The molecule has 47 heavy (non-hydrogen) atoms. The Balaban J connectivity index is 1.65. The Morgan fingerprint density at radius 1 is 0.787 bits per heavy atom. The maximum absolute atomic E-state index is 13.8. The molecule has 0 saturated heterocycles. The van der Waals surface area contributed by atoms with E-state index in [1.807, 2.05) is 39.0 Å². The number of aliphatic hydroxyl groups is 1. The average molecular weight is 680 g/mol. The molecule has 0 radical (unpaired) electrons. The van der Waals surface area contributed by atoms with Crippen LogP contribution in [-0.4, -0.2) is 69.5 Å². The Labute approximate surface area is 276 Å². The predicted molar refractivity (Wildman–Crippen MR) is 183 cm³/mol. The van der Waals surface area contributed by atoms with Crippen LogP contribution in [0.3, 0.4) is 0 Å². The Bertz CT molecular complexity index is 1940. The van der Waals surface area contributed by atoms with Crippen LogP contribution in [0.5, 0.6) is 0 Å². The number of sulfonamides is 1. The molecule has 4 aromatic rings. The molecule has 0 fully saturated rings. The van der Waals surface area contributed by atoms with E-state index in [2.05, 4.69) is 15.4 Å². The summed E-state index contributed by atoms with van der Waals surface area (Å²) in [6.45, 7) is 5.57. The van der Waals surface area contributed by atoms with Crippen molar-refractivity contribution in [1.29, 1.82) is 0 Å². The first kappa shape index (κ1) is 35.7. The zero-order valence-corrected chi connectivity index (χ0v) is 28.4. The number of aliphatic hydroxyl groups excluding tert-OH is 1. The van der Waals surface area contributed by atoms with Gasteiger partial charge >= 0.3 is 0 Å². The first-order valence-electron chi connectivity index (χ1n) is 15.1. The van der Waals surface area contributed by atoms with Crippen LogP contribution in [0.1, 0.15) is 42.3 Å². The minimum atomic E-state index is -4.19. The van der Waals surface area contributed by atoms with Crippen LogP contribution in [0.15, 0.2) is 102 Å². The van der Waals surface area contributed by atoms with Gasteiger partial charge in [0.2, 0.25) is 15.9 Å². The van der Waals surface area contributed by atoms with E-state index in [1.54, 1.807) is 72.8 Å². The van der Waals surface area contributed by atoms with E-state index in [1.165, 1.54) is 6.07 Å². The molecule has 2 amide bonds. The SMILES string of the molecule is CC(C)(C)NC(=O)c1ccccc1C[C@@H](O)[C@H](Cc1ccccc1)NC(=O)[C@H](CS(=O)(=O)c1cccc2ccccc12)NS(C)(=O)=O. The molecule has 10 nitrogen and oxygen atoms in total. The molecular weight excluding hydrogens is 639 g/mol. The van der Waals surface area contributed by atoms with E-state index >= 15 is 0 Å². The number of benzene rings is 4. The molecule has 0 saturated carbocycles. The number of sulfone groups is 1. The van der Waals surface area contributed by atoms with E-state index in [9.17, 15) is 31.5 Å². The molecule has 4 rings (SSSR count). The second-order valence-corrected chi connectivity index (χ2v) is 16.4. The fourth-order valence-corrected chi connectivity index (χ4v) is 7.80. The Hall–Kier alpha value is -4.10. The van der Waals surface area contributed by atoms with Gasteiger partial charge in [-0.3, -0.25) is 9.59 Å². The third kappa shape index (κ3) is 10.2. The molecule has 4 N–H and O–H groups in total. The molecule has 0 aromatic heterocycles. The number of rotatable bonds is 13. The summed E-state index contributed by atoms with van der Waals surface area (Å²) in [5.41, 5.74) is 1.18. The van der Waals surface area contributed by atoms with Crippen LogP contribution in [0.2, 0.25) is 0 Å². The van der Waals surface area contributed by atoms with Gasteiger partial charge in [-0.1, -0.05) is 84.9 Å². The third-order valence-electron chi connectivity index (χ3n) is 7.41. The maximum Gasteiger partial charge on any atom is 0.251 e. The van der Waals surface area contributed by atoms with Crippen molar-refractivity contribution in [3.63, 3.8) is 0 Å². The van der Waals surface area contributed by atoms with Crippen LogP contribution in [0.4, 0.5) is 0 Å². The Morgan fingerprint density at radius 2 is 1.40 bits per heavy atom. The second-order valence-electron chi connectivity index (χ2n) is 12.6. The highest BCUT2D eigenvalue weighted by Crippen LogP contribution is 2.24. The van der Waals surface area contributed by atoms with Gasteiger partial charge in [-0.25, -0.2) is 21.6 Å². The third-order valence-corrected chi connectivity index (χ3v) is 9.92. The lowest BCUT2D eigenvalue weighted by molar-refractivity contribution is -0.123. The van der Waals surface area contributed by atoms with Gasteiger partial charge in [-0.15, -0.1) is 0 Å². The van der Waals surface area contributed by atoms with E-state index < -0.39 is 55.2 Å². The summed E-state index contributed by atoms with van der Waals surface area (Å²) in [5.74, 6) is -2.10. The lowest BCUT2D eigenvalue weighted by atomic mass is 9.93. The molecule has 0 aliphatic rings.